The Morgan fingerprint density at radius 3 is 2.00 bits per heavy atom. The maximum absolute atomic E-state index is 6.49. The van der Waals surface area contributed by atoms with E-state index in [1.165, 1.54) is 38.9 Å². The van der Waals surface area contributed by atoms with Crippen LogP contribution in [0.3, 0.4) is 0 Å². The van der Waals surface area contributed by atoms with E-state index >= 15 is 0 Å². The van der Waals surface area contributed by atoms with Gasteiger partial charge in [0.25, 0.3) is 0 Å². The molecule has 1 atom stereocenters. The van der Waals surface area contributed by atoms with Crippen molar-refractivity contribution in [3.8, 4) is 0 Å². The molecule has 112 valence electrons. The van der Waals surface area contributed by atoms with Crippen molar-refractivity contribution in [2.45, 2.75) is 63.8 Å². The van der Waals surface area contributed by atoms with Gasteiger partial charge in [0, 0.05) is 25.7 Å². The molecule has 6 fully saturated rings. The van der Waals surface area contributed by atoms with Crippen molar-refractivity contribution in [1.82, 2.24) is 4.90 Å². The molecule has 0 amide bonds. The molecule has 0 aromatic heterocycles. The Balaban J connectivity index is 1.32. The van der Waals surface area contributed by atoms with Gasteiger partial charge in [-0.2, -0.15) is 0 Å². The van der Waals surface area contributed by atoms with Gasteiger partial charge in [0.2, 0.25) is 0 Å². The lowest BCUT2D eigenvalue weighted by Gasteiger charge is -2.58. The Hall–Kier alpha value is -0.0800. The Bertz CT molecular complexity index is 376. The highest BCUT2D eigenvalue weighted by atomic mass is 15.2. The normalized spacial score (nSPS) is 52.6. The van der Waals surface area contributed by atoms with Gasteiger partial charge in [-0.3, -0.25) is 0 Å². The van der Waals surface area contributed by atoms with Crippen LogP contribution in [-0.2, 0) is 0 Å². The number of hydrogen-bond acceptors (Lipinski definition) is 2. The minimum absolute atomic E-state index is 0.477. The number of rotatable bonds is 2. The Morgan fingerprint density at radius 1 is 0.950 bits per heavy atom. The molecule has 20 heavy (non-hydrogen) atoms. The number of hydrogen-bond donors (Lipinski definition) is 1. The smallest absolute Gasteiger partial charge is 0.0237 e. The minimum atomic E-state index is 0.477. The Labute approximate surface area is 123 Å². The molecular formula is C18H30N2. The summed E-state index contributed by atoms with van der Waals surface area (Å²) in [7, 11) is 0. The van der Waals surface area contributed by atoms with Gasteiger partial charge >= 0.3 is 0 Å². The van der Waals surface area contributed by atoms with E-state index in [-0.39, 0.29) is 0 Å². The molecule has 2 heteroatoms. The van der Waals surface area contributed by atoms with Crippen molar-refractivity contribution in [3.05, 3.63) is 0 Å². The monoisotopic (exact) mass is 274 g/mol. The van der Waals surface area contributed by atoms with Crippen LogP contribution in [0.5, 0.6) is 0 Å². The maximum atomic E-state index is 6.49. The largest absolute Gasteiger partial charge is 0.326 e. The van der Waals surface area contributed by atoms with Crippen LogP contribution in [0, 0.1) is 28.6 Å². The summed E-state index contributed by atoms with van der Waals surface area (Å²) < 4.78 is 0. The SMILES string of the molecule is NC1CN(CC23CC4CC(CC(C4)C2)C3)CC12CCC2. The van der Waals surface area contributed by atoms with Crippen LogP contribution < -0.4 is 5.73 Å². The zero-order valence-electron chi connectivity index (χ0n) is 12.8. The molecule has 1 saturated heterocycles. The van der Waals surface area contributed by atoms with Gasteiger partial charge in [-0.15, -0.1) is 0 Å². The van der Waals surface area contributed by atoms with Gasteiger partial charge in [0.15, 0.2) is 0 Å². The first-order chi connectivity index (χ1) is 9.65. The Morgan fingerprint density at radius 2 is 1.55 bits per heavy atom. The third-order valence-corrected chi connectivity index (χ3v) is 7.85. The fourth-order valence-electron chi connectivity index (χ4n) is 7.34. The highest BCUT2D eigenvalue weighted by Crippen LogP contribution is 2.60. The maximum Gasteiger partial charge on any atom is 0.0237 e. The van der Waals surface area contributed by atoms with Gasteiger partial charge in [0.1, 0.15) is 0 Å². The van der Waals surface area contributed by atoms with Crippen LogP contribution in [0.1, 0.15) is 57.8 Å². The third kappa shape index (κ3) is 1.70. The lowest BCUT2D eigenvalue weighted by molar-refractivity contribution is -0.0683. The Kier molecular flexibility index (Phi) is 2.50. The van der Waals surface area contributed by atoms with E-state index in [1.54, 1.807) is 38.5 Å². The first-order valence-electron chi connectivity index (χ1n) is 9.13. The van der Waals surface area contributed by atoms with Crippen LogP contribution in [0.15, 0.2) is 0 Å². The van der Waals surface area contributed by atoms with Gasteiger partial charge < -0.3 is 10.6 Å². The zero-order chi connectivity index (χ0) is 13.4. The van der Waals surface area contributed by atoms with Gasteiger partial charge in [-0.1, -0.05) is 6.42 Å². The molecule has 6 aliphatic rings. The van der Waals surface area contributed by atoms with Crippen molar-refractivity contribution in [2.75, 3.05) is 19.6 Å². The third-order valence-electron chi connectivity index (χ3n) is 7.85. The van der Waals surface area contributed by atoms with Gasteiger partial charge in [0.05, 0.1) is 0 Å². The summed E-state index contributed by atoms with van der Waals surface area (Å²) in [5.74, 6) is 3.28. The van der Waals surface area contributed by atoms with E-state index in [4.69, 9.17) is 5.73 Å². The quantitative estimate of drug-likeness (QED) is 0.838. The average Bonchev–Trinajstić information content (AvgIpc) is 2.62. The molecule has 4 bridgehead atoms. The van der Waals surface area contributed by atoms with Crippen molar-refractivity contribution < 1.29 is 0 Å². The summed E-state index contributed by atoms with van der Waals surface area (Å²) >= 11 is 0. The highest BCUT2D eigenvalue weighted by Gasteiger charge is 2.54. The molecule has 2 nitrogen and oxygen atoms in total. The molecule has 1 spiro atoms. The molecular weight excluding hydrogens is 244 g/mol. The average molecular weight is 274 g/mol. The highest BCUT2D eigenvalue weighted by molar-refractivity contribution is 5.07. The lowest BCUT2D eigenvalue weighted by Crippen LogP contribution is -2.51. The van der Waals surface area contributed by atoms with E-state index in [9.17, 15) is 0 Å². The predicted octanol–water partition coefficient (Wildman–Crippen LogP) is 3.02. The molecule has 1 heterocycles. The summed E-state index contributed by atoms with van der Waals surface area (Å²) in [5, 5.41) is 0. The second kappa shape index (κ2) is 4.01. The molecule has 0 radical (unpaired) electrons. The summed E-state index contributed by atoms with van der Waals surface area (Å²) in [5.41, 5.74) is 7.75. The van der Waals surface area contributed by atoms with E-state index in [0.717, 1.165) is 17.8 Å². The number of likely N-dealkylation sites (tertiary alicyclic amines) is 1. The van der Waals surface area contributed by atoms with Crippen molar-refractivity contribution in [3.63, 3.8) is 0 Å². The van der Waals surface area contributed by atoms with Crippen LogP contribution in [0.4, 0.5) is 0 Å². The van der Waals surface area contributed by atoms with E-state index in [2.05, 4.69) is 4.90 Å². The second-order valence-electron chi connectivity index (χ2n) is 9.41. The molecule has 0 aromatic carbocycles. The minimum Gasteiger partial charge on any atom is -0.326 e. The van der Waals surface area contributed by atoms with Gasteiger partial charge in [-0.25, -0.2) is 0 Å². The summed E-state index contributed by atoms with van der Waals surface area (Å²) in [6.45, 7) is 3.92. The molecule has 6 rings (SSSR count). The van der Waals surface area contributed by atoms with Crippen LogP contribution in [0.2, 0.25) is 0 Å². The summed E-state index contributed by atoms with van der Waals surface area (Å²) in [6, 6.07) is 0.477. The fraction of sp³-hybridized carbons (Fsp3) is 1.00. The number of nitrogens with zero attached hydrogens (tertiary/aromatic N) is 1. The second-order valence-corrected chi connectivity index (χ2v) is 9.41. The van der Waals surface area contributed by atoms with Crippen molar-refractivity contribution in [2.24, 2.45) is 34.3 Å². The lowest BCUT2D eigenvalue weighted by atomic mass is 9.49. The van der Waals surface area contributed by atoms with E-state index in [0.29, 0.717) is 16.9 Å². The van der Waals surface area contributed by atoms with Crippen molar-refractivity contribution >= 4 is 0 Å². The van der Waals surface area contributed by atoms with E-state index in [1.807, 2.05) is 0 Å². The molecule has 5 saturated carbocycles. The topological polar surface area (TPSA) is 29.3 Å². The number of nitrogens with two attached hydrogens (primary N) is 1. The molecule has 1 unspecified atom stereocenters. The summed E-state index contributed by atoms with van der Waals surface area (Å²) in [6.07, 6.45) is 13.6. The molecule has 1 aliphatic heterocycles. The van der Waals surface area contributed by atoms with Crippen LogP contribution >= 0.6 is 0 Å². The molecule has 0 aromatic rings. The van der Waals surface area contributed by atoms with Gasteiger partial charge in [-0.05, 0) is 80.0 Å². The zero-order valence-corrected chi connectivity index (χ0v) is 12.8. The molecule has 5 aliphatic carbocycles. The van der Waals surface area contributed by atoms with Crippen LogP contribution in [-0.4, -0.2) is 30.6 Å². The van der Waals surface area contributed by atoms with Crippen LogP contribution in [0.25, 0.3) is 0 Å². The summed E-state index contributed by atoms with van der Waals surface area (Å²) in [4.78, 5) is 2.79. The first kappa shape index (κ1) is 12.5. The molecule has 2 N–H and O–H groups in total. The fourth-order valence-corrected chi connectivity index (χ4v) is 7.34. The van der Waals surface area contributed by atoms with Crippen molar-refractivity contribution in [1.29, 1.82) is 0 Å². The van der Waals surface area contributed by atoms with E-state index < -0.39 is 0 Å². The predicted molar refractivity (Wildman–Crippen MR) is 81.3 cm³/mol. The standard InChI is InChI=1S/C18H30N2/c19-16-10-20(12-18(16)2-1-3-18)11-17-7-13-4-14(8-17)6-15(5-13)9-17/h13-16H,1-12,19H2. The first-order valence-corrected chi connectivity index (χ1v) is 9.13.